The number of para-hydroxylation sites is 2. The summed E-state index contributed by atoms with van der Waals surface area (Å²) in [5.74, 6) is 0.427. The minimum atomic E-state index is -0.448. The molecule has 156 valence electrons. The van der Waals surface area contributed by atoms with Crippen molar-refractivity contribution in [2.45, 2.75) is 13.0 Å². The molecule has 0 aliphatic carbocycles. The number of nitriles is 1. The molecule has 0 unspecified atom stereocenters. The Hall–Kier alpha value is -4.12. The largest absolute Gasteiger partial charge is 0.442 e. The molecule has 0 radical (unpaired) electrons. The van der Waals surface area contributed by atoms with Crippen LogP contribution < -0.4 is 10.2 Å². The molecular weight excluding hydrogens is 394 g/mol. The molecule has 1 aliphatic heterocycles. The van der Waals surface area contributed by atoms with Crippen molar-refractivity contribution in [3.05, 3.63) is 59.9 Å². The predicted octanol–water partition coefficient (Wildman–Crippen LogP) is 3.10. The van der Waals surface area contributed by atoms with Crippen LogP contribution in [0.4, 0.5) is 10.5 Å². The lowest BCUT2D eigenvalue weighted by Gasteiger charge is -2.13. The summed E-state index contributed by atoms with van der Waals surface area (Å²) in [4.78, 5) is 29.3. The van der Waals surface area contributed by atoms with Crippen LogP contribution >= 0.6 is 0 Å². The number of amides is 2. The number of nitrogens with one attached hydrogen (secondary N) is 1. The van der Waals surface area contributed by atoms with Crippen molar-refractivity contribution in [3.63, 3.8) is 0 Å². The van der Waals surface area contributed by atoms with Crippen molar-refractivity contribution < 1.29 is 14.3 Å². The second-order valence-corrected chi connectivity index (χ2v) is 7.30. The number of anilines is 1. The molecule has 1 aromatic heterocycles. The van der Waals surface area contributed by atoms with Crippen molar-refractivity contribution in [3.8, 4) is 6.07 Å². The van der Waals surface area contributed by atoms with E-state index < -0.39 is 12.2 Å². The van der Waals surface area contributed by atoms with Crippen LogP contribution in [-0.4, -0.2) is 40.7 Å². The normalized spacial score (nSPS) is 16.3. The van der Waals surface area contributed by atoms with Crippen LogP contribution in [0.1, 0.15) is 18.3 Å². The molecule has 1 fully saturated rings. The summed E-state index contributed by atoms with van der Waals surface area (Å²) in [7, 11) is 1.88. The van der Waals surface area contributed by atoms with E-state index in [1.807, 2.05) is 48.0 Å². The molecule has 2 aromatic carbocycles. The smallest absolute Gasteiger partial charge is 0.414 e. The van der Waals surface area contributed by atoms with E-state index >= 15 is 0 Å². The SMILES string of the molecule is CC(=O)NC[C@H]1CN(c2ccc(/C=C(\C#N)c3nc4ccccc4n3C)cc2)C(=O)O1. The average molecular weight is 415 g/mol. The van der Waals surface area contributed by atoms with E-state index in [2.05, 4.69) is 16.4 Å². The summed E-state index contributed by atoms with van der Waals surface area (Å²) in [5, 5.41) is 12.4. The van der Waals surface area contributed by atoms with Gasteiger partial charge in [-0.05, 0) is 35.9 Å². The standard InChI is InChI=1S/C23H21N5O3/c1-15(29)25-13-19-14-28(23(30)31-19)18-9-7-16(8-10-18)11-17(12-24)22-26-20-5-3-4-6-21(20)27(22)2/h3-11,19H,13-14H2,1-2H3,(H,25,29)/b17-11+/t19-/m0/s1. The fraction of sp³-hybridized carbons (Fsp3) is 0.217. The third kappa shape index (κ3) is 4.12. The summed E-state index contributed by atoms with van der Waals surface area (Å²) in [6, 6.07) is 17.2. The van der Waals surface area contributed by atoms with Crippen molar-refractivity contribution in [2.24, 2.45) is 7.05 Å². The van der Waals surface area contributed by atoms with Gasteiger partial charge in [-0.15, -0.1) is 0 Å². The molecule has 8 nitrogen and oxygen atoms in total. The minimum absolute atomic E-state index is 0.167. The Morgan fingerprint density at radius 3 is 2.71 bits per heavy atom. The number of imidazole rings is 1. The van der Waals surface area contributed by atoms with Gasteiger partial charge in [-0.1, -0.05) is 24.3 Å². The van der Waals surface area contributed by atoms with Gasteiger partial charge in [0.2, 0.25) is 5.91 Å². The molecule has 1 aliphatic rings. The number of cyclic esters (lactones) is 1. The maximum Gasteiger partial charge on any atom is 0.414 e. The molecule has 2 heterocycles. The highest BCUT2D eigenvalue weighted by atomic mass is 16.6. The van der Waals surface area contributed by atoms with Gasteiger partial charge in [0.25, 0.3) is 0 Å². The number of carbonyl (C=O) groups excluding carboxylic acids is 2. The molecule has 31 heavy (non-hydrogen) atoms. The number of hydrogen-bond acceptors (Lipinski definition) is 5. The number of nitrogens with zero attached hydrogens (tertiary/aromatic N) is 4. The first-order chi connectivity index (χ1) is 15.0. The van der Waals surface area contributed by atoms with Gasteiger partial charge >= 0.3 is 6.09 Å². The van der Waals surface area contributed by atoms with Crippen LogP contribution in [0, 0.1) is 11.3 Å². The maximum absolute atomic E-state index is 12.2. The summed E-state index contributed by atoms with van der Waals surface area (Å²) >= 11 is 0. The van der Waals surface area contributed by atoms with Crippen molar-refractivity contribution in [1.29, 1.82) is 5.26 Å². The van der Waals surface area contributed by atoms with Crippen molar-refractivity contribution >= 4 is 40.4 Å². The Bertz CT molecular complexity index is 1220. The molecule has 0 saturated carbocycles. The Morgan fingerprint density at radius 2 is 2.03 bits per heavy atom. The zero-order chi connectivity index (χ0) is 22.0. The van der Waals surface area contributed by atoms with Crippen LogP contribution in [0.2, 0.25) is 0 Å². The quantitative estimate of drug-likeness (QED) is 0.646. The highest BCUT2D eigenvalue weighted by Gasteiger charge is 2.32. The average Bonchev–Trinajstić information content (AvgIpc) is 3.31. The second-order valence-electron chi connectivity index (χ2n) is 7.30. The lowest BCUT2D eigenvalue weighted by atomic mass is 10.1. The van der Waals surface area contributed by atoms with Gasteiger partial charge in [-0.25, -0.2) is 9.78 Å². The molecule has 4 rings (SSSR count). The topological polar surface area (TPSA) is 100 Å². The van der Waals surface area contributed by atoms with Gasteiger partial charge in [0.05, 0.1) is 29.7 Å². The monoisotopic (exact) mass is 415 g/mol. The molecule has 1 N–H and O–H groups in total. The third-order valence-corrected chi connectivity index (χ3v) is 5.12. The Kier molecular flexibility index (Phi) is 5.41. The maximum atomic E-state index is 12.2. The van der Waals surface area contributed by atoms with Gasteiger partial charge in [-0.2, -0.15) is 5.26 Å². The summed E-state index contributed by atoms with van der Waals surface area (Å²) < 4.78 is 7.19. The third-order valence-electron chi connectivity index (χ3n) is 5.12. The van der Waals surface area contributed by atoms with Crippen LogP contribution in [0.15, 0.2) is 48.5 Å². The summed E-state index contributed by atoms with van der Waals surface area (Å²) in [5.41, 5.74) is 3.74. The van der Waals surface area contributed by atoms with Gasteiger partial charge in [-0.3, -0.25) is 9.69 Å². The Balaban J connectivity index is 1.54. The highest BCUT2D eigenvalue weighted by Crippen LogP contribution is 2.25. The van der Waals surface area contributed by atoms with E-state index in [-0.39, 0.29) is 12.5 Å². The van der Waals surface area contributed by atoms with E-state index in [9.17, 15) is 14.9 Å². The molecule has 3 aromatic rings. The van der Waals surface area contributed by atoms with Crippen LogP contribution in [-0.2, 0) is 16.6 Å². The minimum Gasteiger partial charge on any atom is -0.442 e. The molecular formula is C23H21N5O3. The van der Waals surface area contributed by atoms with E-state index in [1.165, 1.54) is 11.8 Å². The number of hydrogen-bond donors (Lipinski definition) is 1. The van der Waals surface area contributed by atoms with Crippen molar-refractivity contribution in [1.82, 2.24) is 14.9 Å². The van der Waals surface area contributed by atoms with Gasteiger partial charge in [0.1, 0.15) is 12.2 Å². The first kappa shape index (κ1) is 20.2. The number of rotatable bonds is 5. The van der Waals surface area contributed by atoms with Crippen molar-refractivity contribution in [2.75, 3.05) is 18.0 Å². The number of aromatic nitrogens is 2. The van der Waals surface area contributed by atoms with Crippen LogP contribution in [0.25, 0.3) is 22.7 Å². The zero-order valence-electron chi connectivity index (χ0n) is 17.2. The van der Waals surface area contributed by atoms with Crippen LogP contribution in [0.3, 0.4) is 0 Å². The lowest BCUT2D eigenvalue weighted by Crippen LogP contribution is -2.33. The molecule has 1 saturated heterocycles. The first-order valence-electron chi connectivity index (χ1n) is 9.82. The Morgan fingerprint density at radius 1 is 1.29 bits per heavy atom. The van der Waals surface area contributed by atoms with Gasteiger partial charge in [0.15, 0.2) is 5.82 Å². The molecule has 2 amide bonds. The number of allylic oxidation sites excluding steroid dienone is 1. The fourth-order valence-electron chi connectivity index (χ4n) is 3.55. The van der Waals surface area contributed by atoms with E-state index in [0.29, 0.717) is 23.6 Å². The molecule has 1 atom stereocenters. The number of ether oxygens (including phenoxy) is 1. The fourth-order valence-corrected chi connectivity index (χ4v) is 3.55. The van der Waals surface area contributed by atoms with E-state index in [4.69, 9.17) is 4.74 Å². The first-order valence-corrected chi connectivity index (χ1v) is 9.82. The number of fused-ring (bicyclic) bond motifs is 1. The summed E-state index contributed by atoms with van der Waals surface area (Å²) in [6.07, 6.45) is 0.933. The summed E-state index contributed by atoms with van der Waals surface area (Å²) in [6.45, 7) is 2.06. The highest BCUT2D eigenvalue weighted by molar-refractivity contribution is 5.92. The second kappa shape index (κ2) is 8.32. The van der Waals surface area contributed by atoms with Gasteiger partial charge < -0.3 is 14.6 Å². The molecule has 8 heteroatoms. The van der Waals surface area contributed by atoms with E-state index in [1.54, 1.807) is 18.2 Å². The number of aryl methyl sites for hydroxylation is 1. The van der Waals surface area contributed by atoms with E-state index in [0.717, 1.165) is 16.6 Å². The molecule has 0 spiro atoms. The van der Waals surface area contributed by atoms with Crippen LogP contribution in [0.5, 0.6) is 0 Å². The lowest BCUT2D eigenvalue weighted by molar-refractivity contribution is -0.119. The zero-order valence-corrected chi connectivity index (χ0v) is 17.2. The Labute approximate surface area is 179 Å². The number of carbonyl (C=O) groups is 2. The number of benzene rings is 2. The van der Waals surface area contributed by atoms with Gasteiger partial charge in [0, 0.05) is 19.7 Å². The predicted molar refractivity (Wildman–Crippen MR) is 117 cm³/mol. The molecule has 0 bridgehead atoms.